The van der Waals surface area contributed by atoms with Crippen LogP contribution in [0.1, 0.15) is 36.5 Å². The maximum absolute atomic E-state index is 5.97. The first-order valence-corrected chi connectivity index (χ1v) is 7.85. The van der Waals surface area contributed by atoms with E-state index in [0.29, 0.717) is 5.92 Å². The van der Waals surface area contributed by atoms with E-state index < -0.39 is 0 Å². The zero-order chi connectivity index (χ0) is 15.4. The smallest absolute Gasteiger partial charge is 0.141 e. The molecule has 0 spiro atoms. The summed E-state index contributed by atoms with van der Waals surface area (Å²) in [5.74, 6) is 2.20. The molecule has 112 valence electrons. The van der Waals surface area contributed by atoms with E-state index in [9.17, 15) is 0 Å². The Morgan fingerprint density at radius 1 is 0.952 bits per heavy atom. The number of rotatable bonds is 5. The van der Waals surface area contributed by atoms with E-state index in [-0.39, 0.29) is 0 Å². The van der Waals surface area contributed by atoms with Crippen molar-refractivity contribution in [2.24, 2.45) is 0 Å². The Balaban J connectivity index is 2.22. The van der Waals surface area contributed by atoms with Gasteiger partial charge in [0.05, 0.1) is 19.2 Å². The first-order chi connectivity index (χ1) is 10.0. The van der Waals surface area contributed by atoms with Crippen LogP contribution in [0, 0.1) is 13.8 Å². The van der Waals surface area contributed by atoms with Crippen LogP contribution in [0.4, 0.5) is 0 Å². The lowest BCUT2D eigenvalue weighted by Crippen LogP contribution is -1.97. The van der Waals surface area contributed by atoms with Gasteiger partial charge in [-0.15, -0.1) is 0 Å². The molecule has 0 saturated heterocycles. The third kappa shape index (κ3) is 3.94. The van der Waals surface area contributed by atoms with Crippen molar-refractivity contribution in [3.05, 3.63) is 53.1 Å². The molecule has 3 heteroatoms. The Hall–Kier alpha value is -1.61. The van der Waals surface area contributed by atoms with Gasteiger partial charge in [-0.2, -0.15) is 0 Å². The van der Waals surface area contributed by atoms with Gasteiger partial charge in [0.15, 0.2) is 0 Å². The number of benzene rings is 2. The molecule has 0 radical (unpaired) electrons. The SMILES string of the molecule is COc1cc(C(C)C)c(OSc2ccc(C)cc2)cc1C. The van der Waals surface area contributed by atoms with Crippen molar-refractivity contribution in [2.75, 3.05) is 7.11 Å². The molecule has 2 rings (SSSR count). The first kappa shape index (κ1) is 15.8. The molecule has 0 atom stereocenters. The summed E-state index contributed by atoms with van der Waals surface area (Å²) in [4.78, 5) is 1.10. The summed E-state index contributed by atoms with van der Waals surface area (Å²) in [7, 11) is 1.70. The molecule has 0 aliphatic carbocycles. The summed E-state index contributed by atoms with van der Waals surface area (Å²) >= 11 is 1.40. The molecule has 0 heterocycles. The van der Waals surface area contributed by atoms with Crippen LogP contribution in [0.3, 0.4) is 0 Å². The molecule has 0 amide bonds. The molecule has 2 nitrogen and oxygen atoms in total. The largest absolute Gasteiger partial charge is 0.496 e. The van der Waals surface area contributed by atoms with Gasteiger partial charge in [-0.3, -0.25) is 0 Å². The zero-order valence-electron chi connectivity index (χ0n) is 13.3. The van der Waals surface area contributed by atoms with Crippen LogP contribution < -0.4 is 8.92 Å². The monoisotopic (exact) mass is 302 g/mol. The number of methoxy groups -OCH3 is 1. The van der Waals surface area contributed by atoms with E-state index in [1.807, 2.05) is 6.92 Å². The van der Waals surface area contributed by atoms with Gasteiger partial charge in [-0.05, 0) is 49.6 Å². The molecular weight excluding hydrogens is 280 g/mol. The van der Waals surface area contributed by atoms with Crippen LogP contribution in [0.5, 0.6) is 11.5 Å². The van der Waals surface area contributed by atoms with Gasteiger partial charge in [0.25, 0.3) is 0 Å². The lowest BCUT2D eigenvalue weighted by molar-refractivity contribution is 0.410. The van der Waals surface area contributed by atoms with Gasteiger partial charge in [0.2, 0.25) is 0 Å². The summed E-state index contributed by atoms with van der Waals surface area (Å²) in [5.41, 5.74) is 3.50. The molecule has 0 unspecified atom stereocenters. The van der Waals surface area contributed by atoms with E-state index in [0.717, 1.165) is 27.5 Å². The van der Waals surface area contributed by atoms with Crippen molar-refractivity contribution in [3.63, 3.8) is 0 Å². The average Bonchev–Trinajstić information content (AvgIpc) is 2.46. The topological polar surface area (TPSA) is 18.5 Å². The normalized spacial score (nSPS) is 10.8. The third-order valence-corrected chi connectivity index (χ3v) is 4.13. The Morgan fingerprint density at radius 2 is 1.62 bits per heavy atom. The van der Waals surface area contributed by atoms with Crippen LogP contribution >= 0.6 is 12.0 Å². The number of aryl methyl sites for hydroxylation is 2. The van der Waals surface area contributed by atoms with Crippen molar-refractivity contribution in [2.45, 2.75) is 38.5 Å². The van der Waals surface area contributed by atoms with Gasteiger partial charge in [0.1, 0.15) is 11.5 Å². The molecule has 0 aliphatic heterocycles. The molecule has 0 N–H and O–H groups in total. The van der Waals surface area contributed by atoms with Crippen molar-refractivity contribution < 1.29 is 8.92 Å². The van der Waals surface area contributed by atoms with Gasteiger partial charge in [-0.25, -0.2) is 0 Å². The van der Waals surface area contributed by atoms with Crippen LogP contribution in [-0.2, 0) is 0 Å². The molecule has 0 aliphatic rings. The lowest BCUT2D eigenvalue weighted by Gasteiger charge is -2.16. The summed E-state index contributed by atoms with van der Waals surface area (Å²) in [6.45, 7) is 8.44. The minimum Gasteiger partial charge on any atom is -0.496 e. The van der Waals surface area contributed by atoms with Gasteiger partial charge >= 0.3 is 0 Å². The Kier molecular flexibility index (Phi) is 5.18. The van der Waals surface area contributed by atoms with Crippen molar-refractivity contribution in [3.8, 4) is 11.5 Å². The third-order valence-electron chi connectivity index (χ3n) is 3.40. The van der Waals surface area contributed by atoms with E-state index in [1.54, 1.807) is 7.11 Å². The van der Waals surface area contributed by atoms with Crippen molar-refractivity contribution >= 4 is 12.0 Å². The Bertz CT molecular complexity index is 603. The summed E-state index contributed by atoms with van der Waals surface area (Å²) in [6, 6.07) is 12.5. The van der Waals surface area contributed by atoms with E-state index in [2.05, 4.69) is 57.2 Å². The highest BCUT2D eigenvalue weighted by atomic mass is 32.2. The first-order valence-electron chi connectivity index (χ1n) is 7.11. The molecule has 0 fully saturated rings. The van der Waals surface area contributed by atoms with Gasteiger partial charge in [-0.1, -0.05) is 31.5 Å². The number of hydrogen-bond donors (Lipinski definition) is 0. The van der Waals surface area contributed by atoms with Crippen LogP contribution in [-0.4, -0.2) is 7.11 Å². The van der Waals surface area contributed by atoms with E-state index >= 15 is 0 Å². The quantitative estimate of drug-likeness (QED) is 0.677. The average molecular weight is 302 g/mol. The van der Waals surface area contributed by atoms with E-state index in [4.69, 9.17) is 8.92 Å². The Labute approximate surface area is 131 Å². The highest BCUT2D eigenvalue weighted by Gasteiger charge is 2.13. The second-order valence-electron chi connectivity index (χ2n) is 5.49. The predicted octanol–water partition coefficient (Wildman–Crippen LogP) is 5.52. The zero-order valence-corrected chi connectivity index (χ0v) is 14.1. The Morgan fingerprint density at radius 3 is 2.19 bits per heavy atom. The fraction of sp³-hybridized carbons (Fsp3) is 0.333. The lowest BCUT2D eigenvalue weighted by atomic mass is 10.00. The number of hydrogen-bond acceptors (Lipinski definition) is 3. The van der Waals surface area contributed by atoms with Crippen molar-refractivity contribution in [1.29, 1.82) is 0 Å². The molecule has 0 bridgehead atoms. The van der Waals surface area contributed by atoms with Crippen LogP contribution in [0.25, 0.3) is 0 Å². The van der Waals surface area contributed by atoms with Crippen molar-refractivity contribution in [1.82, 2.24) is 0 Å². The molecule has 21 heavy (non-hydrogen) atoms. The second kappa shape index (κ2) is 6.90. The van der Waals surface area contributed by atoms with E-state index in [1.165, 1.54) is 17.6 Å². The summed E-state index contributed by atoms with van der Waals surface area (Å²) in [5, 5.41) is 0. The highest BCUT2D eigenvalue weighted by molar-refractivity contribution is 7.95. The molecular formula is C18H22O2S. The van der Waals surface area contributed by atoms with Gasteiger partial charge in [0, 0.05) is 10.5 Å². The predicted molar refractivity (Wildman–Crippen MR) is 89.5 cm³/mol. The van der Waals surface area contributed by atoms with Gasteiger partial charge < -0.3 is 8.92 Å². The highest BCUT2D eigenvalue weighted by Crippen LogP contribution is 2.36. The molecule has 2 aromatic carbocycles. The summed E-state index contributed by atoms with van der Waals surface area (Å²) < 4.78 is 11.4. The standard InChI is InChI=1S/C18H22O2S/c1-12(2)16-11-17(19-5)14(4)10-18(16)20-21-15-8-6-13(3)7-9-15/h6-12H,1-5H3. The van der Waals surface area contributed by atoms with Crippen LogP contribution in [0.2, 0.25) is 0 Å². The minimum atomic E-state index is 0.383. The minimum absolute atomic E-state index is 0.383. The fourth-order valence-electron chi connectivity index (χ4n) is 2.11. The summed E-state index contributed by atoms with van der Waals surface area (Å²) in [6.07, 6.45) is 0. The number of ether oxygens (including phenoxy) is 1. The molecule has 0 aromatic heterocycles. The van der Waals surface area contributed by atoms with Crippen LogP contribution in [0.15, 0.2) is 41.3 Å². The molecule has 2 aromatic rings. The fourth-order valence-corrected chi connectivity index (χ4v) is 2.68. The maximum Gasteiger partial charge on any atom is 0.141 e. The molecule has 0 saturated carbocycles. The second-order valence-corrected chi connectivity index (χ2v) is 6.30. The maximum atomic E-state index is 5.97.